The molecule has 92 valence electrons. The standard InChI is InChI=1S/C11H24N2S.BrH/c1-2-3-4-10-14-11-9-13-7-5-12-6-8-13;/h12H,2-11H2,1H3;1H. The van der Waals surface area contributed by atoms with E-state index in [0.29, 0.717) is 0 Å². The molecule has 0 unspecified atom stereocenters. The van der Waals surface area contributed by atoms with Crippen LogP contribution in [0.1, 0.15) is 26.2 Å². The SMILES string of the molecule is Br.CCCCCSCCN1CCNCC1. The highest BCUT2D eigenvalue weighted by Crippen LogP contribution is 2.06. The average Bonchev–Trinajstić information content (AvgIpc) is 2.25. The van der Waals surface area contributed by atoms with Crippen molar-refractivity contribution in [3.05, 3.63) is 0 Å². The first kappa shape index (κ1) is 15.8. The Balaban J connectivity index is 0.00000196. The number of piperazine rings is 1. The van der Waals surface area contributed by atoms with Crippen LogP contribution in [-0.4, -0.2) is 49.1 Å². The lowest BCUT2D eigenvalue weighted by Gasteiger charge is -2.26. The smallest absolute Gasteiger partial charge is 0.0108 e. The fourth-order valence-electron chi connectivity index (χ4n) is 1.68. The van der Waals surface area contributed by atoms with Crippen LogP contribution < -0.4 is 5.32 Å². The van der Waals surface area contributed by atoms with E-state index in [1.165, 1.54) is 63.5 Å². The predicted octanol–water partition coefficient (Wildman–Crippen LogP) is 2.39. The molecule has 0 saturated carbocycles. The van der Waals surface area contributed by atoms with Gasteiger partial charge < -0.3 is 5.32 Å². The Morgan fingerprint density at radius 1 is 1.13 bits per heavy atom. The third-order valence-electron chi connectivity index (χ3n) is 2.65. The summed E-state index contributed by atoms with van der Waals surface area (Å²) in [5.41, 5.74) is 0. The molecular weight excluding hydrogens is 272 g/mol. The number of hydrogen-bond acceptors (Lipinski definition) is 3. The van der Waals surface area contributed by atoms with Crippen molar-refractivity contribution in [3.8, 4) is 0 Å². The van der Waals surface area contributed by atoms with Crippen molar-refractivity contribution < 1.29 is 0 Å². The molecular formula is C11H25BrN2S. The highest BCUT2D eigenvalue weighted by molar-refractivity contribution is 8.93. The zero-order chi connectivity index (χ0) is 10.1. The lowest BCUT2D eigenvalue weighted by atomic mass is 10.3. The molecule has 4 heteroatoms. The number of nitrogens with zero attached hydrogens (tertiary/aromatic N) is 1. The van der Waals surface area contributed by atoms with Crippen LogP contribution in [0.2, 0.25) is 0 Å². The van der Waals surface area contributed by atoms with Crippen molar-refractivity contribution in [1.82, 2.24) is 10.2 Å². The fourth-order valence-corrected chi connectivity index (χ4v) is 2.68. The maximum atomic E-state index is 3.38. The summed E-state index contributed by atoms with van der Waals surface area (Å²) < 4.78 is 0. The van der Waals surface area contributed by atoms with Gasteiger partial charge in [0.15, 0.2) is 0 Å². The second kappa shape index (κ2) is 11.2. The maximum absolute atomic E-state index is 3.38. The summed E-state index contributed by atoms with van der Waals surface area (Å²) in [4.78, 5) is 2.57. The molecule has 2 nitrogen and oxygen atoms in total. The Labute approximate surface area is 109 Å². The van der Waals surface area contributed by atoms with E-state index in [2.05, 4.69) is 28.9 Å². The average molecular weight is 297 g/mol. The number of nitrogens with one attached hydrogen (secondary N) is 1. The molecule has 0 bridgehead atoms. The van der Waals surface area contributed by atoms with Gasteiger partial charge in [0, 0.05) is 38.5 Å². The molecule has 1 saturated heterocycles. The molecule has 0 aromatic carbocycles. The fraction of sp³-hybridized carbons (Fsp3) is 1.00. The maximum Gasteiger partial charge on any atom is 0.0108 e. The summed E-state index contributed by atoms with van der Waals surface area (Å²) in [6, 6.07) is 0. The van der Waals surface area contributed by atoms with Crippen LogP contribution in [0.15, 0.2) is 0 Å². The van der Waals surface area contributed by atoms with E-state index in [9.17, 15) is 0 Å². The largest absolute Gasteiger partial charge is 0.314 e. The predicted molar refractivity (Wildman–Crippen MR) is 76.5 cm³/mol. The normalized spacial score (nSPS) is 17.4. The summed E-state index contributed by atoms with van der Waals surface area (Å²) in [7, 11) is 0. The molecule has 1 aliphatic heterocycles. The number of rotatable bonds is 7. The minimum absolute atomic E-state index is 0. The van der Waals surface area contributed by atoms with Crippen LogP contribution in [0.3, 0.4) is 0 Å². The summed E-state index contributed by atoms with van der Waals surface area (Å²) in [6.45, 7) is 8.41. The van der Waals surface area contributed by atoms with Gasteiger partial charge in [0.1, 0.15) is 0 Å². The quantitative estimate of drug-likeness (QED) is 0.726. The highest BCUT2D eigenvalue weighted by atomic mass is 79.9. The van der Waals surface area contributed by atoms with Gasteiger partial charge in [0.05, 0.1) is 0 Å². The lowest BCUT2D eigenvalue weighted by molar-refractivity contribution is 0.255. The van der Waals surface area contributed by atoms with Crippen LogP contribution in [0, 0.1) is 0 Å². The van der Waals surface area contributed by atoms with Crippen LogP contribution in [-0.2, 0) is 0 Å². The van der Waals surface area contributed by atoms with E-state index in [0.717, 1.165) is 0 Å². The second-order valence-corrected chi connectivity index (χ2v) is 5.14. The molecule has 0 spiro atoms. The van der Waals surface area contributed by atoms with Crippen molar-refractivity contribution >= 4 is 28.7 Å². The second-order valence-electron chi connectivity index (χ2n) is 3.91. The molecule has 1 rings (SSSR count). The van der Waals surface area contributed by atoms with Crippen LogP contribution in [0.25, 0.3) is 0 Å². The first-order chi connectivity index (χ1) is 6.93. The Bertz CT molecular complexity index is 130. The van der Waals surface area contributed by atoms with Gasteiger partial charge in [-0.3, -0.25) is 4.90 Å². The Hall–Kier alpha value is 0.750. The van der Waals surface area contributed by atoms with E-state index < -0.39 is 0 Å². The van der Waals surface area contributed by atoms with Crippen molar-refractivity contribution in [2.75, 3.05) is 44.2 Å². The van der Waals surface area contributed by atoms with Gasteiger partial charge in [-0.15, -0.1) is 17.0 Å². The monoisotopic (exact) mass is 296 g/mol. The van der Waals surface area contributed by atoms with Gasteiger partial charge in [0.25, 0.3) is 0 Å². The molecule has 0 amide bonds. The van der Waals surface area contributed by atoms with E-state index in [-0.39, 0.29) is 17.0 Å². The minimum atomic E-state index is 0. The minimum Gasteiger partial charge on any atom is -0.314 e. The number of thioether (sulfide) groups is 1. The summed E-state index contributed by atoms with van der Waals surface area (Å²) in [5, 5.41) is 3.38. The molecule has 0 radical (unpaired) electrons. The number of hydrogen-bond donors (Lipinski definition) is 1. The Morgan fingerprint density at radius 2 is 1.87 bits per heavy atom. The lowest BCUT2D eigenvalue weighted by Crippen LogP contribution is -2.44. The van der Waals surface area contributed by atoms with Gasteiger partial charge >= 0.3 is 0 Å². The summed E-state index contributed by atoms with van der Waals surface area (Å²) in [5.74, 6) is 2.68. The van der Waals surface area contributed by atoms with Gasteiger partial charge in [-0.25, -0.2) is 0 Å². The van der Waals surface area contributed by atoms with Gasteiger partial charge in [0.2, 0.25) is 0 Å². The van der Waals surface area contributed by atoms with Gasteiger partial charge in [-0.1, -0.05) is 19.8 Å². The van der Waals surface area contributed by atoms with Crippen molar-refractivity contribution in [2.45, 2.75) is 26.2 Å². The Morgan fingerprint density at radius 3 is 2.53 bits per heavy atom. The Kier molecular flexibility index (Phi) is 11.8. The molecule has 1 heterocycles. The van der Waals surface area contributed by atoms with Crippen molar-refractivity contribution in [1.29, 1.82) is 0 Å². The van der Waals surface area contributed by atoms with Gasteiger partial charge in [-0.2, -0.15) is 11.8 Å². The van der Waals surface area contributed by atoms with E-state index in [1.54, 1.807) is 0 Å². The topological polar surface area (TPSA) is 15.3 Å². The first-order valence-corrected chi connectivity index (χ1v) is 7.09. The van der Waals surface area contributed by atoms with Crippen LogP contribution in [0.4, 0.5) is 0 Å². The first-order valence-electron chi connectivity index (χ1n) is 5.94. The van der Waals surface area contributed by atoms with Gasteiger partial charge in [-0.05, 0) is 12.2 Å². The van der Waals surface area contributed by atoms with Crippen LogP contribution >= 0.6 is 28.7 Å². The third-order valence-corrected chi connectivity index (χ3v) is 3.70. The summed E-state index contributed by atoms with van der Waals surface area (Å²) >= 11 is 2.12. The van der Waals surface area contributed by atoms with Crippen molar-refractivity contribution in [3.63, 3.8) is 0 Å². The molecule has 0 aliphatic carbocycles. The van der Waals surface area contributed by atoms with E-state index in [1.807, 2.05) is 0 Å². The number of halogens is 1. The summed E-state index contributed by atoms with van der Waals surface area (Å²) in [6.07, 6.45) is 4.15. The van der Waals surface area contributed by atoms with E-state index >= 15 is 0 Å². The van der Waals surface area contributed by atoms with E-state index in [4.69, 9.17) is 0 Å². The molecule has 0 aromatic rings. The zero-order valence-corrected chi connectivity index (χ0v) is 12.4. The molecule has 0 atom stereocenters. The molecule has 1 fully saturated rings. The zero-order valence-electron chi connectivity index (χ0n) is 9.83. The molecule has 1 aliphatic rings. The molecule has 1 N–H and O–H groups in total. The van der Waals surface area contributed by atoms with Crippen LogP contribution in [0.5, 0.6) is 0 Å². The molecule has 15 heavy (non-hydrogen) atoms. The third kappa shape index (κ3) is 8.55. The molecule has 0 aromatic heterocycles. The highest BCUT2D eigenvalue weighted by Gasteiger charge is 2.07. The van der Waals surface area contributed by atoms with Crippen molar-refractivity contribution in [2.24, 2.45) is 0 Å². The number of unbranched alkanes of at least 4 members (excludes halogenated alkanes) is 2.